The zero-order chi connectivity index (χ0) is 16.4. The molecule has 0 aliphatic carbocycles. The van der Waals surface area contributed by atoms with Crippen molar-refractivity contribution in [1.29, 1.82) is 0 Å². The highest BCUT2D eigenvalue weighted by atomic mass is 16.5. The van der Waals surface area contributed by atoms with Gasteiger partial charge in [0.2, 0.25) is 11.8 Å². The van der Waals surface area contributed by atoms with Gasteiger partial charge >= 0.3 is 0 Å². The molecule has 2 aromatic heterocycles. The maximum Gasteiger partial charge on any atom is 0.239 e. The third-order valence-corrected chi connectivity index (χ3v) is 3.76. The monoisotopic (exact) mass is 313 g/mol. The number of benzene rings is 1. The average Bonchev–Trinajstić information content (AvgIpc) is 3.13. The Bertz CT molecular complexity index is 823. The fraction of sp³-hybridized carbons (Fsp3) is 0.312. The van der Waals surface area contributed by atoms with Gasteiger partial charge in [-0.2, -0.15) is 4.98 Å². The molecule has 3 rings (SSSR count). The SMILES string of the molecule is Cc1nc(CN(C)C(=O)[C@@H](N)Cc2c[nH]c3ccccc23)no1. The Morgan fingerprint density at radius 1 is 1.43 bits per heavy atom. The van der Waals surface area contributed by atoms with Gasteiger partial charge in [0.15, 0.2) is 5.82 Å². The number of para-hydroxylation sites is 1. The summed E-state index contributed by atoms with van der Waals surface area (Å²) in [5, 5.41) is 4.88. The molecule has 0 aliphatic heterocycles. The third-order valence-electron chi connectivity index (χ3n) is 3.76. The first-order valence-corrected chi connectivity index (χ1v) is 7.39. The van der Waals surface area contributed by atoms with E-state index in [9.17, 15) is 4.79 Å². The highest BCUT2D eigenvalue weighted by Gasteiger charge is 2.21. The fourth-order valence-electron chi connectivity index (χ4n) is 2.60. The Hall–Kier alpha value is -2.67. The predicted octanol–water partition coefficient (Wildman–Crippen LogP) is 1.39. The number of hydrogen-bond donors (Lipinski definition) is 2. The minimum absolute atomic E-state index is 0.155. The van der Waals surface area contributed by atoms with Gasteiger partial charge in [-0.25, -0.2) is 0 Å². The summed E-state index contributed by atoms with van der Waals surface area (Å²) in [6.45, 7) is 1.98. The molecule has 1 atom stereocenters. The largest absolute Gasteiger partial charge is 0.361 e. The van der Waals surface area contributed by atoms with E-state index in [1.807, 2.05) is 30.5 Å². The van der Waals surface area contributed by atoms with Crippen LogP contribution < -0.4 is 5.73 Å². The summed E-state index contributed by atoms with van der Waals surface area (Å²) in [4.78, 5) is 21.2. The second kappa shape index (κ2) is 6.21. The first-order chi connectivity index (χ1) is 11.0. The molecular formula is C16H19N5O2. The number of aryl methyl sites for hydroxylation is 1. The van der Waals surface area contributed by atoms with Crippen LogP contribution in [0.25, 0.3) is 10.9 Å². The van der Waals surface area contributed by atoms with Gasteiger partial charge in [-0.05, 0) is 18.1 Å². The van der Waals surface area contributed by atoms with E-state index in [1.54, 1.807) is 14.0 Å². The summed E-state index contributed by atoms with van der Waals surface area (Å²) >= 11 is 0. The lowest BCUT2D eigenvalue weighted by molar-refractivity contribution is -0.131. The lowest BCUT2D eigenvalue weighted by Gasteiger charge is -2.19. The molecule has 0 saturated heterocycles. The van der Waals surface area contributed by atoms with E-state index in [1.165, 1.54) is 4.90 Å². The molecular weight excluding hydrogens is 294 g/mol. The lowest BCUT2D eigenvalue weighted by Crippen LogP contribution is -2.42. The molecule has 120 valence electrons. The van der Waals surface area contributed by atoms with E-state index in [0.717, 1.165) is 16.5 Å². The van der Waals surface area contributed by atoms with Gasteiger partial charge in [-0.3, -0.25) is 4.79 Å². The van der Waals surface area contributed by atoms with Crippen LogP contribution in [-0.4, -0.2) is 39.0 Å². The van der Waals surface area contributed by atoms with Gasteiger partial charge in [0, 0.05) is 31.1 Å². The van der Waals surface area contributed by atoms with Crippen molar-refractivity contribution in [3.8, 4) is 0 Å². The topological polar surface area (TPSA) is 101 Å². The van der Waals surface area contributed by atoms with Crippen LogP contribution in [0.3, 0.4) is 0 Å². The van der Waals surface area contributed by atoms with Crippen LogP contribution in [0, 0.1) is 6.92 Å². The second-order valence-corrected chi connectivity index (χ2v) is 5.59. The summed E-state index contributed by atoms with van der Waals surface area (Å²) in [6.07, 6.45) is 2.37. The second-order valence-electron chi connectivity index (χ2n) is 5.59. The molecule has 2 heterocycles. The zero-order valence-electron chi connectivity index (χ0n) is 13.1. The number of amides is 1. The Labute approximate surface area is 133 Å². The van der Waals surface area contributed by atoms with Crippen LogP contribution in [0.5, 0.6) is 0 Å². The van der Waals surface area contributed by atoms with Gasteiger partial charge in [-0.15, -0.1) is 0 Å². The van der Waals surface area contributed by atoms with Gasteiger partial charge < -0.3 is 20.1 Å². The number of fused-ring (bicyclic) bond motifs is 1. The fourth-order valence-corrected chi connectivity index (χ4v) is 2.60. The van der Waals surface area contributed by atoms with Crippen LogP contribution >= 0.6 is 0 Å². The number of carbonyl (C=O) groups excluding carboxylic acids is 1. The van der Waals surface area contributed by atoms with Crippen LogP contribution in [0.2, 0.25) is 0 Å². The molecule has 0 radical (unpaired) electrons. The van der Waals surface area contributed by atoms with Crippen molar-refractivity contribution in [1.82, 2.24) is 20.0 Å². The number of aromatic amines is 1. The van der Waals surface area contributed by atoms with Crippen LogP contribution in [-0.2, 0) is 17.8 Å². The van der Waals surface area contributed by atoms with Gasteiger partial charge in [0.25, 0.3) is 0 Å². The summed E-state index contributed by atoms with van der Waals surface area (Å²) in [7, 11) is 1.68. The van der Waals surface area contributed by atoms with Crippen molar-refractivity contribution in [2.24, 2.45) is 5.73 Å². The van der Waals surface area contributed by atoms with Gasteiger partial charge in [0.1, 0.15) is 0 Å². The van der Waals surface area contributed by atoms with Crippen molar-refractivity contribution in [2.75, 3.05) is 7.05 Å². The van der Waals surface area contributed by atoms with E-state index in [2.05, 4.69) is 15.1 Å². The Morgan fingerprint density at radius 3 is 2.96 bits per heavy atom. The maximum atomic E-state index is 12.4. The normalized spacial score (nSPS) is 12.5. The first kappa shape index (κ1) is 15.2. The smallest absolute Gasteiger partial charge is 0.239 e. The summed E-state index contributed by atoms with van der Waals surface area (Å²) in [5.74, 6) is 0.791. The number of nitrogens with zero attached hydrogens (tertiary/aromatic N) is 3. The van der Waals surface area contributed by atoms with E-state index in [4.69, 9.17) is 10.3 Å². The first-order valence-electron chi connectivity index (χ1n) is 7.39. The molecule has 0 saturated carbocycles. The summed E-state index contributed by atoms with van der Waals surface area (Å²) in [5.41, 5.74) is 8.16. The van der Waals surface area contributed by atoms with Crippen LogP contribution in [0.15, 0.2) is 35.0 Å². The van der Waals surface area contributed by atoms with Crippen LogP contribution in [0.4, 0.5) is 0 Å². The number of carbonyl (C=O) groups is 1. The van der Waals surface area contributed by atoms with Crippen LogP contribution in [0.1, 0.15) is 17.3 Å². The Morgan fingerprint density at radius 2 is 2.22 bits per heavy atom. The molecule has 0 aliphatic rings. The standard InChI is InChI=1S/C16H19N5O2/c1-10-19-15(20-23-10)9-21(2)16(22)13(17)7-11-8-18-14-6-4-3-5-12(11)14/h3-6,8,13,18H,7,9,17H2,1-2H3/t13-/m0/s1. The lowest BCUT2D eigenvalue weighted by atomic mass is 10.0. The van der Waals surface area contributed by atoms with Crippen molar-refractivity contribution in [2.45, 2.75) is 25.9 Å². The number of H-pyrrole nitrogens is 1. The molecule has 3 N–H and O–H groups in total. The molecule has 0 bridgehead atoms. The molecule has 23 heavy (non-hydrogen) atoms. The van der Waals surface area contributed by atoms with E-state index < -0.39 is 6.04 Å². The van der Waals surface area contributed by atoms with Crippen molar-refractivity contribution < 1.29 is 9.32 Å². The minimum Gasteiger partial charge on any atom is -0.361 e. The van der Waals surface area contributed by atoms with Crippen molar-refractivity contribution >= 4 is 16.8 Å². The molecule has 7 nitrogen and oxygen atoms in total. The molecule has 3 aromatic rings. The minimum atomic E-state index is -0.618. The number of aromatic nitrogens is 3. The molecule has 0 fully saturated rings. The van der Waals surface area contributed by atoms with Gasteiger partial charge in [-0.1, -0.05) is 23.4 Å². The van der Waals surface area contributed by atoms with Gasteiger partial charge in [0.05, 0.1) is 12.6 Å². The van der Waals surface area contributed by atoms with E-state index in [0.29, 0.717) is 18.1 Å². The quantitative estimate of drug-likeness (QED) is 0.741. The number of rotatable bonds is 5. The molecule has 1 aromatic carbocycles. The molecule has 0 spiro atoms. The number of likely N-dealkylation sites (N-methyl/N-ethyl adjacent to an activating group) is 1. The van der Waals surface area contributed by atoms with Crippen molar-refractivity contribution in [3.05, 3.63) is 47.7 Å². The Balaban J connectivity index is 1.67. The summed E-state index contributed by atoms with van der Waals surface area (Å²) in [6, 6.07) is 7.33. The number of nitrogens with one attached hydrogen (secondary N) is 1. The highest BCUT2D eigenvalue weighted by Crippen LogP contribution is 2.19. The molecule has 7 heteroatoms. The van der Waals surface area contributed by atoms with E-state index >= 15 is 0 Å². The third kappa shape index (κ3) is 3.24. The zero-order valence-corrected chi connectivity index (χ0v) is 13.1. The van der Waals surface area contributed by atoms with E-state index in [-0.39, 0.29) is 12.5 Å². The number of hydrogen-bond acceptors (Lipinski definition) is 5. The molecule has 1 amide bonds. The predicted molar refractivity (Wildman–Crippen MR) is 85.5 cm³/mol. The van der Waals surface area contributed by atoms with Crippen molar-refractivity contribution in [3.63, 3.8) is 0 Å². The number of nitrogens with two attached hydrogens (primary N) is 1. The Kier molecular flexibility index (Phi) is 4.12. The molecule has 0 unspecified atom stereocenters. The summed E-state index contributed by atoms with van der Waals surface area (Å²) < 4.78 is 4.90. The average molecular weight is 313 g/mol. The maximum absolute atomic E-state index is 12.4. The highest BCUT2D eigenvalue weighted by molar-refractivity contribution is 5.86.